The third-order valence-corrected chi connectivity index (χ3v) is 3.58. The molecule has 0 unspecified atom stereocenters. The van der Waals surface area contributed by atoms with Crippen molar-refractivity contribution in [3.63, 3.8) is 0 Å². The number of terminal acetylenes is 1. The van der Waals surface area contributed by atoms with E-state index >= 15 is 0 Å². The third-order valence-electron chi connectivity index (χ3n) is 3.58. The fourth-order valence-electron chi connectivity index (χ4n) is 2.42. The predicted octanol–water partition coefficient (Wildman–Crippen LogP) is 2.69. The molecule has 3 nitrogen and oxygen atoms in total. The monoisotopic (exact) mass is 223 g/mol. The average molecular weight is 223 g/mol. The zero-order chi connectivity index (χ0) is 12.4. The first-order chi connectivity index (χ1) is 7.29. The van der Waals surface area contributed by atoms with Crippen LogP contribution >= 0.6 is 0 Å². The lowest BCUT2D eigenvalue weighted by Crippen LogP contribution is -2.41. The van der Waals surface area contributed by atoms with E-state index in [-0.39, 0.29) is 5.41 Å². The minimum atomic E-state index is -0.771. The summed E-state index contributed by atoms with van der Waals surface area (Å²) in [6.45, 7) is 6.69. The normalized spacial score (nSPS) is 30.5. The molecule has 0 aromatic rings. The summed E-state index contributed by atoms with van der Waals surface area (Å²) in [5.41, 5.74) is 4.58. The Hall–Kier alpha value is -1.17. The van der Waals surface area contributed by atoms with Crippen molar-refractivity contribution in [1.29, 1.82) is 0 Å². The first kappa shape index (κ1) is 12.9. The molecule has 3 heteroatoms. The Labute approximate surface area is 97.7 Å². The Morgan fingerprint density at radius 3 is 2.25 bits per heavy atom. The van der Waals surface area contributed by atoms with E-state index in [9.17, 15) is 4.79 Å². The molecule has 0 bridgehead atoms. The summed E-state index contributed by atoms with van der Waals surface area (Å²) in [6.07, 6.45) is 8.09. The van der Waals surface area contributed by atoms with Gasteiger partial charge in [0.25, 0.3) is 0 Å². The maximum absolute atomic E-state index is 10.8. The fourth-order valence-corrected chi connectivity index (χ4v) is 2.42. The zero-order valence-electron chi connectivity index (χ0n) is 10.4. The van der Waals surface area contributed by atoms with Gasteiger partial charge in [-0.05, 0) is 37.0 Å². The lowest BCUT2D eigenvalue weighted by Gasteiger charge is -2.40. The van der Waals surface area contributed by atoms with E-state index in [2.05, 4.69) is 26.7 Å². The standard InChI is InChI=1S/C13H21NO2/c1-5-13(16-11(14)15)8-6-10(7-9-13)12(2,3)4/h1,10H,6-9H2,2-4H3,(H2,14,15). The molecule has 0 radical (unpaired) electrons. The van der Waals surface area contributed by atoms with Gasteiger partial charge in [-0.25, -0.2) is 4.79 Å². The van der Waals surface area contributed by atoms with Crippen LogP contribution in [0.2, 0.25) is 0 Å². The second kappa shape index (κ2) is 4.37. The van der Waals surface area contributed by atoms with E-state index in [0.717, 1.165) is 12.8 Å². The Bertz CT molecular complexity index is 301. The molecule has 0 aromatic heterocycles. The van der Waals surface area contributed by atoms with Gasteiger partial charge in [-0.15, -0.1) is 6.42 Å². The van der Waals surface area contributed by atoms with Crippen molar-refractivity contribution in [2.45, 2.75) is 52.1 Å². The van der Waals surface area contributed by atoms with E-state index in [1.807, 2.05) is 0 Å². The molecule has 1 amide bonds. The molecule has 0 spiro atoms. The van der Waals surface area contributed by atoms with Crippen molar-refractivity contribution in [3.05, 3.63) is 0 Å². The summed E-state index contributed by atoms with van der Waals surface area (Å²) in [5.74, 6) is 3.23. The average Bonchev–Trinajstić information content (AvgIpc) is 2.16. The minimum absolute atomic E-state index is 0.285. The molecule has 1 rings (SSSR count). The minimum Gasteiger partial charge on any atom is -0.430 e. The molecule has 1 fully saturated rings. The Morgan fingerprint density at radius 2 is 1.94 bits per heavy atom. The zero-order valence-corrected chi connectivity index (χ0v) is 10.4. The molecular formula is C13H21NO2. The summed E-state index contributed by atoms with van der Waals surface area (Å²) >= 11 is 0. The van der Waals surface area contributed by atoms with Gasteiger partial charge in [0.05, 0.1) is 0 Å². The van der Waals surface area contributed by atoms with Crippen molar-refractivity contribution in [3.8, 4) is 12.3 Å². The van der Waals surface area contributed by atoms with Gasteiger partial charge in [0.2, 0.25) is 0 Å². The highest BCUT2D eigenvalue weighted by Gasteiger charge is 2.39. The molecule has 90 valence electrons. The van der Waals surface area contributed by atoms with Crippen LogP contribution in [0.15, 0.2) is 0 Å². The van der Waals surface area contributed by atoms with Gasteiger partial charge in [0.15, 0.2) is 5.60 Å². The molecule has 1 aliphatic carbocycles. The number of nitrogens with two attached hydrogens (primary N) is 1. The molecule has 0 saturated heterocycles. The molecule has 1 aliphatic rings. The topological polar surface area (TPSA) is 52.3 Å². The van der Waals surface area contributed by atoms with Crippen molar-refractivity contribution in [1.82, 2.24) is 0 Å². The number of amides is 1. The van der Waals surface area contributed by atoms with Crippen molar-refractivity contribution < 1.29 is 9.53 Å². The molecule has 0 aliphatic heterocycles. The van der Waals surface area contributed by atoms with Crippen LogP contribution in [0.3, 0.4) is 0 Å². The molecule has 16 heavy (non-hydrogen) atoms. The summed E-state index contributed by atoms with van der Waals surface area (Å²) in [5, 5.41) is 0. The first-order valence-corrected chi connectivity index (χ1v) is 5.75. The summed E-state index contributed by atoms with van der Waals surface area (Å²) in [7, 11) is 0. The number of primary amides is 1. The van der Waals surface area contributed by atoms with Crippen LogP contribution in [0.1, 0.15) is 46.5 Å². The van der Waals surface area contributed by atoms with Gasteiger partial charge < -0.3 is 10.5 Å². The van der Waals surface area contributed by atoms with Gasteiger partial charge in [-0.3, -0.25) is 0 Å². The van der Waals surface area contributed by atoms with Crippen LogP contribution in [-0.2, 0) is 4.74 Å². The van der Waals surface area contributed by atoms with Gasteiger partial charge in [-0.2, -0.15) is 0 Å². The summed E-state index contributed by atoms with van der Waals surface area (Å²) < 4.78 is 5.09. The van der Waals surface area contributed by atoms with Crippen LogP contribution in [0.25, 0.3) is 0 Å². The van der Waals surface area contributed by atoms with Gasteiger partial charge in [0, 0.05) is 0 Å². The van der Waals surface area contributed by atoms with Gasteiger partial charge in [0.1, 0.15) is 0 Å². The smallest absolute Gasteiger partial charge is 0.406 e. The first-order valence-electron chi connectivity index (χ1n) is 5.75. The van der Waals surface area contributed by atoms with E-state index in [1.54, 1.807) is 0 Å². The number of carbonyl (C=O) groups is 1. The largest absolute Gasteiger partial charge is 0.430 e. The second-order valence-corrected chi connectivity index (χ2v) is 5.70. The molecule has 0 aromatic carbocycles. The molecule has 0 heterocycles. The number of ether oxygens (including phenoxy) is 1. The highest BCUT2D eigenvalue weighted by Crippen LogP contribution is 2.42. The van der Waals surface area contributed by atoms with Crippen LogP contribution in [0.5, 0.6) is 0 Å². The van der Waals surface area contributed by atoms with Crippen molar-refractivity contribution in [2.75, 3.05) is 0 Å². The SMILES string of the molecule is C#CC1(OC(N)=O)CCC(C(C)(C)C)CC1. The fraction of sp³-hybridized carbons (Fsp3) is 0.769. The second-order valence-electron chi connectivity index (χ2n) is 5.70. The van der Waals surface area contributed by atoms with Crippen LogP contribution in [-0.4, -0.2) is 11.7 Å². The maximum Gasteiger partial charge on any atom is 0.406 e. The molecule has 1 saturated carbocycles. The number of hydrogen-bond acceptors (Lipinski definition) is 2. The number of rotatable bonds is 1. The molecule has 0 atom stereocenters. The Kier molecular flexibility index (Phi) is 3.52. The Morgan fingerprint density at radius 1 is 1.44 bits per heavy atom. The highest BCUT2D eigenvalue weighted by molar-refractivity contribution is 5.65. The molecular weight excluding hydrogens is 202 g/mol. The quantitative estimate of drug-likeness (QED) is 0.695. The maximum atomic E-state index is 10.8. The van der Waals surface area contributed by atoms with Crippen LogP contribution in [0.4, 0.5) is 4.79 Å². The Balaban J connectivity index is 2.65. The van der Waals surface area contributed by atoms with Gasteiger partial charge in [-0.1, -0.05) is 26.7 Å². The van der Waals surface area contributed by atoms with E-state index in [4.69, 9.17) is 16.9 Å². The van der Waals surface area contributed by atoms with Crippen molar-refractivity contribution in [2.24, 2.45) is 17.1 Å². The van der Waals surface area contributed by atoms with E-state index < -0.39 is 11.7 Å². The highest BCUT2D eigenvalue weighted by atomic mass is 16.6. The van der Waals surface area contributed by atoms with Crippen molar-refractivity contribution >= 4 is 6.09 Å². The van der Waals surface area contributed by atoms with Gasteiger partial charge >= 0.3 is 6.09 Å². The van der Waals surface area contributed by atoms with Crippen LogP contribution < -0.4 is 5.73 Å². The van der Waals surface area contributed by atoms with E-state index in [0.29, 0.717) is 18.8 Å². The number of hydrogen-bond donors (Lipinski definition) is 1. The lowest BCUT2D eigenvalue weighted by molar-refractivity contribution is 0.00568. The number of carbonyl (C=O) groups excluding carboxylic acids is 1. The summed E-state index contributed by atoms with van der Waals surface area (Å²) in [4.78, 5) is 10.8. The van der Waals surface area contributed by atoms with Crippen LogP contribution in [0, 0.1) is 23.7 Å². The summed E-state index contributed by atoms with van der Waals surface area (Å²) in [6, 6.07) is 0. The van der Waals surface area contributed by atoms with E-state index in [1.165, 1.54) is 0 Å². The lowest BCUT2D eigenvalue weighted by atomic mass is 9.68. The molecule has 2 N–H and O–H groups in total. The predicted molar refractivity (Wildman–Crippen MR) is 63.6 cm³/mol. The third kappa shape index (κ3) is 2.91.